The Balaban J connectivity index is 1.87. The number of carboxylic acids is 1. The van der Waals surface area contributed by atoms with Gasteiger partial charge in [0.1, 0.15) is 6.54 Å². The van der Waals surface area contributed by atoms with Gasteiger partial charge in [0.25, 0.3) is 5.56 Å². The molecule has 0 spiro atoms. The fourth-order valence-electron chi connectivity index (χ4n) is 2.99. The fraction of sp³-hybridized carbons (Fsp3) is 0.389. The third-order valence-electron chi connectivity index (χ3n) is 4.20. The van der Waals surface area contributed by atoms with Crippen molar-refractivity contribution in [1.29, 1.82) is 0 Å². The summed E-state index contributed by atoms with van der Waals surface area (Å²) in [5, 5.41) is 9.71. The summed E-state index contributed by atoms with van der Waals surface area (Å²) in [6, 6.07) is 0. The molecule has 1 heterocycles. The molecule has 2 aliphatic carbocycles. The Kier molecular flexibility index (Phi) is 5.04. The Morgan fingerprint density at radius 1 is 1.42 bits per heavy atom. The van der Waals surface area contributed by atoms with Crippen molar-refractivity contribution in [3.8, 4) is 0 Å². The van der Waals surface area contributed by atoms with Crippen LogP contribution in [0.3, 0.4) is 0 Å². The van der Waals surface area contributed by atoms with Crippen LogP contribution in [0.1, 0.15) is 24.6 Å². The molecule has 0 aliphatic heterocycles. The van der Waals surface area contributed by atoms with Gasteiger partial charge in [-0.05, 0) is 30.8 Å². The van der Waals surface area contributed by atoms with E-state index < -0.39 is 5.97 Å². The Labute approximate surface area is 144 Å². The number of carbonyl (C=O) groups is 1. The van der Waals surface area contributed by atoms with Gasteiger partial charge in [-0.1, -0.05) is 49.1 Å². The number of hydrogen-bond acceptors (Lipinski definition) is 4. The quantitative estimate of drug-likeness (QED) is 0.657. The summed E-state index contributed by atoms with van der Waals surface area (Å²) in [6.45, 7) is 1.97. The zero-order chi connectivity index (χ0) is 17.1. The first-order chi connectivity index (χ1) is 11.5. The van der Waals surface area contributed by atoms with E-state index in [4.69, 9.17) is 0 Å². The molecule has 5 nitrogen and oxygen atoms in total. The van der Waals surface area contributed by atoms with Crippen LogP contribution in [0.25, 0.3) is 0 Å². The van der Waals surface area contributed by atoms with Gasteiger partial charge in [-0.3, -0.25) is 9.59 Å². The predicted octanol–water partition coefficient (Wildman–Crippen LogP) is 2.60. The van der Waals surface area contributed by atoms with Gasteiger partial charge in [0, 0.05) is 17.0 Å². The first kappa shape index (κ1) is 16.8. The molecule has 3 rings (SSSR count). The zero-order valence-electron chi connectivity index (χ0n) is 13.6. The Morgan fingerprint density at radius 3 is 3.04 bits per heavy atom. The van der Waals surface area contributed by atoms with Crippen molar-refractivity contribution in [3.05, 3.63) is 57.6 Å². The predicted molar refractivity (Wildman–Crippen MR) is 94.4 cm³/mol. The van der Waals surface area contributed by atoms with Crippen molar-refractivity contribution in [1.82, 2.24) is 9.55 Å². The maximum atomic E-state index is 12.2. The number of aliphatic carboxylic acids is 1. The van der Waals surface area contributed by atoms with Crippen LogP contribution >= 0.6 is 11.8 Å². The highest BCUT2D eigenvalue weighted by molar-refractivity contribution is 7.99. The largest absolute Gasteiger partial charge is 0.480 e. The van der Waals surface area contributed by atoms with Crippen LogP contribution in [0.15, 0.2) is 45.9 Å². The summed E-state index contributed by atoms with van der Waals surface area (Å²) in [6.07, 6.45) is 12.7. The molecule has 1 unspecified atom stereocenters. The SMILES string of the molecule is CC1C=CC=C(CSc2nc(=O)c3c(n2CC(=O)O)CCC3)C=C1. The number of aromatic nitrogens is 2. The van der Waals surface area contributed by atoms with Crippen LogP contribution < -0.4 is 5.56 Å². The van der Waals surface area contributed by atoms with E-state index in [0.717, 1.165) is 24.1 Å². The number of carboxylic acid groups (broad SMARTS) is 1. The second-order valence-electron chi connectivity index (χ2n) is 6.09. The average molecular weight is 344 g/mol. The van der Waals surface area contributed by atoms with Gasteiger partial charge in [-0.15, -0.1) is 0 Å². The molecule has 0 aromatic carbocycles. The number of hydrogen-bond donors (Lipinski definition) is 1. The molecule has 1 aromatic rings. The van der Waals surface area contributed by atoms with E-state index in [9.17, 15) is 14.7 Å². The monoisotopic (exact) mass is 344 g/mol. The van der Waals surface area contributed by atoms with E-state index in [-0.39, 0.29) is 12.1 Å². The maximum Gasteiger partial charge on any atom is 0.323 e. The van der Waals surface area contributed by atoms with E-state index in [2.05, 4.69) is 30.1 Å². The molecule has 0 radical (unpaired) electrons. The third-order valence-corrected chi connectivity index (χ3v) is 5.25. The standard InChI is InChI=1S/C18H20N2O3S/c1-12-4-2-5-13(9-8-12)11-24-18-19-17(23)14-6-3-7-15(14)20(18)10-16(21)22/h2,4-5,8-9,12H,3,6-7,10-11H2,1H3,(H,21,22). The lowest BCUT2D eigenvalue weighted by Crippen LogP contribution is -2.24. The molecule has 126 valence electrons. The van der Waals surface area contributed by atoms with Crippen molar-refractivity contribution in [2.75, 3.05) is 5.75 Å². The van der Waals surface area contributed by atoms with E-state index >= 15 is 0 Å². The van der Waals surface area contributed by atoms with Gasteiger partial charge >= 0.3 is 5.97 Å². The molecule has 0 saturated carbocycles. The molecule has 0 saturated heterocycles. The second-order valence-corrected chi connectivity index (χ2v) is 7.03. The van der Waals surface area contributed by atoms with Gasteiger partial charge in [-0.25, -0.2) is 0 Å². The molecule has 24 heavy (non-hydrogen) atoms. The summed E-state index contributed by atoms with van der Waals surface area (Å²) in [5.74, 6) is 0.132. The van der Waals surface area contributed by atoms with Crippen molar-refractivity contribution in [3.63, 3.8) is 0 Å². The fourth-order valence-corrected chi connectivity index (χ4v) is 3.95. The third kappa shape index (κ3) is 3.70. The van der Waals surface area contributed by atoms with E-state index in [1.807, 2.05) is 12.2 Å². The van der Waals surface area contributed by atoms with Crippen molar-refractivity contribution >= 4 is 17.7 Å². The van der Waals surface area contributed by atoms with E-state index in [1.165, 1.54) is 11.8 Å². The summed E-state index contributed by atoms with van der Waals surface area (Å²) in [7, 11) is 0. The minimum absolute atomic E-state index is 0.149. The van der Waals surface area contributed by atoms with Gasteiger partial charge in [0.2, 0.25) is 0 Å². The average Bonchev–Trinajstić information content (AvgIpc) is 2.93. The van der Waals surface area contributed by atoms with Crippen LogP contribution in [-0.2, 0) is 24.2 Å². The van der Waals surface area contributed by atoms with Gasteiger partial charge in [0.05, 0.1) is 0 Å². The molecule has 6 heteroatoms. The summed E-state index contributed by atoms with van der Waals surface area (Å²) >= 11 is 1.42. The molecule has 0 amide bonds. The van der Waals surface area contributed by atoms with E-state index in [1.54, 1.807) is 4.57 Å². The molecule has 2 aliphatic rings. The van der Waals surface area contributed by atoms with Crippen LogP contribution in [0, 0.1) is 5.92 Å². The number of nitrogens with zero attached hydrogens (tertiary/aromatic N) is 2. The zero-order valence-corrected chi connectivity index (χ0v) is 14.4. The molecular weight excluding hydrogens is 324 g/mol. The van der Waals surface area contributed by atoms with Crippen LogP contribution in [-0.4, -0.2) is 26.4 Å². The normalized spacial score (nSPS) is 19.0. The maximum absolute atomic E-state index is 12.2. The second kappa shape index (κ2) is 7.21. The van der Waals surface area contributed by atoms with Gasteiger partial charge in [-0.2, -0.15) is 4.98 Å². The lowest BCUT2D eigenvalue weighted by molar-refractivity contribution is -0.137. The number of allylic oxidation sites excluding steroid dienone is 5. The Hall–Kier alpha value is -2.08. The smallest absolute Gasteiger partial charge is 0.323 e. The first-order valence-electron chi connectivity index (χ1n) is 8.07. The Morgan fingerprint density at radius 2 is 2.25 bits per heavy atom. The van der Waals surface area contributed by atoms with Crippen LogP contribution in [0.2, 0.25) is 0 Å². The lowest BCUT2D eigenvalue weighted by Gasteiger charge is -2.15. The van der Waals surface area contributed by atoms with Crippen LogP contribution in [0.5, 0.6) is 0 Å². The highest BCUT2D eigenvalue weighted by Crippen LogP contribution is 2.26. The summed E-state index contributed by atoms with van der Waals surface area (Å²) in [5.41, 5.74) is 2.45. The minimum atomic E-state index is -0.915. The van der Waals surface area contributed by atoms with E-state index in [0.29, 0.717) is 28.8 Å². The molecular formula is C18H20N2O3S. The number of fused-ring (bicyclic) bond motifs is 1. The minimum Gasteiger partial charge on any atom is -0.480 e. The van der Waals surface area contributed by atoms with Crippen molar-refractivity contribution < 1.29 is 9.90 Å². The number of thioether (sulfide) groups is 1. The van der Waals surface area contributed by atoms with Crippen LogP contribution in [0.4, 0.5) is 0 Å². The highest BCUT2D eigenvalue weighted by atomic mass is 32.2. The van der Waals surface area contributed by atoms with Gasteiger partial charge < -0.3 is 9.67 Å². The molecule has 1 N–H and O–H groups in total. The molecule has 1 aromatic heterocycles. The summed E-state index contributed by atoms with van der Waals surface area (Å²) < 4.78 is 1.70. The highest BCUT2D eigenvalue weighted by Gasteiger charge is 2.22. The number of rotatable bonds is 5. The topological polar surface area (TPSA) is 72.2 Å². The Bertz CT molecular complexity index is 805. The lowest BCUT2D eigenvalue weighted by atomic mass is 10.1. The molecule has 1 atom stereocenters. The van der Waals surface area contributed by atoms with Crippen molar-refractivity contribution in [2.24, 2.45) is 5.92 Å². The summed E-state index contributed by atoms with van der Waals surface area (Å²) in [4.78, 5) is 27.6. The molecule has 0 fully saturated rings. The van der Waals surface area contributed by atoms with Crippen molar-refractivity contribution in [2.45, 2.75) is 37.9 Å². The first-order valence-corrected chi connectivity index (χ1v) is 9.06. The molecule has 0 bridgehead atoms. The van der Waals surface area contributed by atoms with Gasteiger partial charge in [0.15, 0.2) is 5.16 Å².